The second-order valence-electron chi connectivity index (χ2n) is 3.74. The molecule has 6 nitrogen and oxygen atoms in total. The molecular formula is C12H15N5O. The van der Waals surface area contributed by atoms with Gasteiger partial charge in [0.15, 0.2) is 0 Å². The van der Waals surface area contributed by atoms with Gasteiger partial charge in [-0.15, -0.1) is 0 Å². The first kappa shape index (κ1) is 12.1. The molecule has 2 heterocycles. The maximum atomic E-state index is 11.8. The van der Waals surface area contributed by atoms with Crippen molar-refractivity contribution in [1.29, 1.82) is 0 Å². The number of amides is 1. The lowest BCUT2D eigenvalue weighted by molar-refractivity contribution is 0.0949. The third-order valence-electron chi connectivity index (χ3n) is 2.47. The molecule has 1 amide bonds. The highest BCUT2D eigenvalue weighted by molar-refractivity contribution is 5.92. The summed E-state index contributed by atoms with van der Waals surface area (Å²) in [6.45, 7) is 0.548. The minimum absolute atomic E-state index is 0.174. The molecule has 0 aliphatic carbocycles. The van der Waals surface area contributed by atoms with E-state index in [4.69, 9.17) is 0 Å². The largest absolute Gasteiger partial charge is 0.373 e. The summed E-state index contributed by atoms with van der Waals surface area (Å²) in [6.07, 6.45) is 4.08. The van der Waals surface area contributed by atoms with E-state index in [1.165, 1.54) is 0 Å². The predicted octanol–water partition coefficient (Wildman–Crippen LogP) is 0.819. The van der Waals surface area contributed by atoms with Gasteiger partial charge in [-0.25, -0.2) is 9.97 Å². The smallest absolute Gasteiger partial charge is 0.269 e. The number of carbonyl (C=O) groups is 1. The zero-order valence-corrected chi connectivity index (χ0v) is 10.1. The number of hydrogen-bond donors (Lipinski definition) is 3. The lowest BCUT2D eigenvalue weighted by Crippen LogP contribution is -2.26. The van der Waals surface area contributed by atoms with Crippen LogP contribution in [0.4, 0.5) is 5.82 Å². The third kappa shape index (κ3) is 3.07. The molecule has 0 saturated carbocycles. The fourth-order valence-corrected chi connectivity index (χ4v) is 1.52. The van der Waals surface area contributed by atoms with Crippen molar-refractivity contribution in [2.45, 2.75) is 6.42 Å². The van der Waals surface area contributed by atoms with E-state index in [1.54, 1.807) is 37.8 Å². The van der Waals surface area contributed by atoms with Gasteiger partial charge in [-0.05, 0) is 12.1 Å². The zero-order valence-electron chi connectivity index (χ0n) is 10.1. The molecule has 0 aliphatic rings. The molecule has 18 heavy (non-hydrogen) atoms. The number of nitrogens with one attached hydrogen (secondary N) is 3. The second kappa shape index (κ2) is 5.81. The Morgan fingerprint density at radius 2 is 2.33 bits per heavy atom. The Balaban J connectivity index is 1.87. The minimum atomic E-state index is -0.174. The molecule has 0 aliphatic heterocycles. The number of aromatic amines is 1. The average molecular weight is 245 g/mol. The van der Waals surface area contributed by atoms with Crippen LogP contribution in [-0.4, -0.2) is 34.5 Å². The maximum absolute atomic E-state index is 11.8. The Hall–Kier alpha value is -2.37. The van der Waals surface area contributed by atoms with Gasteiger partial charge in [0.2, 0.25) is 0 Å². The van der Waals surface area contributed by atoms with Crippen molar-refractivity contribution in [2.24, 2.45) is 0 Å². The quantitative estimate of drug-likeness (QED) is 0.728. The Morgan fingerprint density at radius 1 is 1.44 bits per heavy atom. The van der Waals surface area contributed by atoms with Crippen molar-refractivity contribution in [3.05, 3.63) is 42.1 Å². The van der Waals surface area contributed by atoms with Crippen LogP contribution in [0.15, 0.2) is 30.7 Å². The summed E-state index contributed by atoms with van der Waals surface area (Å²) in [4.78, 5) is 22.9. The highest BCUT2D eigenvalue weighted by Crippen LogP contribution is 2.03. The molecule has 2 rings (SSSR count). The van der Waals surface area contributed by atoms with Crippen molar-refractivity contribution < 1.29 is 4.79 Å². The predicted molar refractivity (Wildman–Crippen MR) is 68.4 cm³/mol. The van der Waals surface area contributed by atoms with Crippen LogP contribution in [-0.2, 0) is 6.42 Å². The summed E-state index contributed by atoms with van der Waals surface area (Å²) in [6, 6.07) is 5.29. The summed E-state index contributed by atoms with van der Waals surface area (Å²) in [7, 11) is 1.77. The molecule has 2 aromatic heterocycles. The van der Waals surface area contributed by atoms with Crippen LogP contribution < -0.4 is 10.6 Å². The molecule has 0 bridgehead atoms. The molecular weight excluding hydrogens is 230 g/mol. The van der Waals surface area contributed by atoms with Gasteiger partial charge in [-0.3, -0.25) is 4.79 Å². The molecule has 0 atom stereocenters. The van der Waals surface area contributed by atoms with Gasteiger partial charge in [0.25, 0.3) is 5.91 Å². The van der Waals surface area contributed by atoms with E-state index in [-0.39, 0.29) is 5.91 Å². The molecule has 94 valence electrons. The standard InChI is InChI=1S/C12H15N5O/c1-13-11-4-2-3-10(17-11)12(18)15-6-5-9-7-14-8-16-9/h2-4,7-8H,5-6H2,1H3,(H,13,17)(H,14,16)(H,15,18). The topological polar surface area (TPSA) is 82.7 Å². The molecule has 3 N–H and O–H groups in total. The SMILES string of the molecule is CNc1cccc(C(=O)NCCc2cnc[nH]2)n1. The van der Waals surface area contributed by atoms with Gasteiger partial charge >= 0.3 is 0 Å². The molecule has 0 fully saturated rings. The van der Waals surface area contributed by atoms with Crippen molar-refractivity contribution in [3.8, 4) is 0 Å². The lowest BCUT2D eigenvalue weighted by atomic mass is 10.3. The van der Waals surface area contributed by atoms with Gasteiger partial charge in [0.1, 0.15) is 11.5 Å². The Morgan fingerprint density at radius 3 is 3.06 bits per heavy atom. The highest BCUT2D eigenvalue weighted by Gasteiger charge is 2.06. The van der Waals surface area contributed by atoms with Crippen molar-refractivity contribution in [1.82, 2.24) is 20.3 Å². The van der Waals surface area contributed by atoms with Gasteiger partial charge < -0.3 is 15.6 Å². The monoisotopic (exact) mass is 245 g/mol. The fourth-order valence-electron chi connectivity index (χ4n) is 1.52. The van der Waals surface area contributed by atoms with E-state index in [1.807, 2.05) is 0 Å². The Kier molecular flexibility index (Phi) is 3.90. The molecule has 2 aromatic rings. The molecule has 0 aromatic carbocycles. The van der Waals surface area contributed by atoms with E-state index >= 15 is 0 Å². The van der Waals surface area contributed by atoms with Gasteiger partial charge in [0.05, 0.1) is 6.33 Å². The van der Waals surface area contributed by atoms with E-state index in [0.717, 1.165) is 12.1 Å². The molecule has 0 unspecified atom stereocenters. The number of anilines is 1. The van der Waals surface area contributed by atoms with E-state index in [9.17, 15) is 4.79 Å². The lowest BCUT2D eigenvalue weighted by Gasteiger charge is -2.05. The van der Waals surface area contributed by atoms with Crippen LogP contribution in [0.5, 0.6) is 0 Å². The van der Waals surface area contributed by atoms with Crippen LogP contribution in [0.2, 0.25) is 0 Å². The van der Waals surface area contributed by atoms with Crippen LogP contribution in [0.1, 0.15) is 16.2 Å². The average Bonchev–Trinajstić information content (AvgIpc) is 2.92. The third-order valence-corrected chi connectivity index (χ3v) is 2.47. The van der Waals surface area contributed by atoms with Crippen LogP contribution in [0.3, 0.4) is 0 Å². The first-order valence-corrected chi connectivity index (χ1v) is 5.70. The molecule has 0 spiro atoms. The number of pyridine rings is 1. The first-order valence-electron chi connectivity index (χ1n) is 5.70. The van der Waals surface area contributed by atoms with Crippen LogP contribution in [0, 0.1) is 0 Å². The molecule has 0 saturated heterocycles. The number of rotatable bonds is 5. The summed E-state index contributed by atoms with van der Waals surface area (Å²) in [5, 5.41) is 5.71. The minimum Gasteiger partial charge on any atom is -0.373 e. The Labute approximate surface area is 105 Å². The maximum Gasteiger partial charge on any atom is 0.269 e. The summed E-state index contributed by atoms with van der Waals surface area (Å²) < 4.78 is 0. The van der Waals surface area contributed by atoms with E-state index in [0.29, 0.717) is 18.1 Å². The number of carbonyl (C=O) groups excluding carboxylic acids is 1. The van der Waals surface area contributed by atoms with Crippen molar-refractivity contribution in [3.63, 3.8) is 0 Å². The number of H-pyrrole nitrogens is 1. The van der Waals surface area contributed by atoms with E-state index in [2.05, 4.69) is 25.6 Å². The van der Waals surface area contributed by atoms with Crippen molar-refractivity contribution in [2.75, 3.05) is 18.9 Å². The van der Waals surface area contributed by atoms with Crippen LogP contribution in [0.25, 0.3) is 0 Å². The van der Waals surface area contributed by atoms with Gasteiger partial charge in [-0.2, -0.15) is 0 Å². The Bertz CT molecular complexity index is 509. The number of aromatic nitrogens is 3. The first-order chi connectivity index (χ1) is 8.79. The number of imidazole rings is 1. The van der Waals surface area contributed by atoms with Crippen LogP contribution >= 0.6 is 0 Å². The zero-order chi connectivity index (χ0) is 12.8. The van der Waals surface area contributed by atoms with E-state index < -0.39 is 0 Å². The fraction of sp³-hybridized carbons (Fsp3) is 0.250. The van der Waals surface area contributed by atoms with Crippen molar-refractivity contribution >= 4 is 11.7 Å². The molecule has 0 radical (unpaired) electrons. The molecule has 6 heteroatoms. The summed E-state index contributed by atoms with van der Waals surface area (Å²) in [5.74, 6) is 0.503. The van der Waals surface area contributed by atoms with Gasteiger partial charge in [0, 0.05) is 31.9 Å². The van der Waals surface area contributed by atoms with Gasteiger partial charge in [-0.1, -0.05) is 6.07 Å². The number of nitrogens with zero attached hydrogens (tertiary/aromatic N) is 2. The second-order valence-corrected chi connectivity index (χ2v) is 3.74. The summed E-state index contributed by atoms with van der Waals surface area (Å²) in [5.41, 5.74) is 1.40. The highest BCUT2D eigenvalue weighted by atomic mass is 16.1. The summed E-state index contributed by atoms with van der Waals surface area (Å²) >= 11 is 0. The number of hydrogen-bond acceptors (Lipinski definition) is 4. The normalized spacial score (nSPS) is 10.1.